The van der Waals surface area contributed by atoms with E-state index in [2.05, 4.69) is 0 Å². The molecule has 2 aliphatic rings. The zero-order valence-corrected chi connectivity index (χ0v) is 10.6. The molecule has 1 atom stereocenters. The Labute approximate surface area is 99.7 Å². The van der Waals surface area contributed by atoms with Crippen LogP contribution in [0.25, 0.3) is 0 Å². The first kappa shape index (κ1) is 12.4. The normalized spacial score (nSPS) is 26.8. The molecule has 0 aromatic rings. The van der Waals surface area contributed by atoms with Crippen LogP contribution in [-0.2, 0) is 9.47 Å². The van der Waals surface area contributed by atoms with E-state index in [0.717, 1.165) is 0 Å². The molecule has 0 aromatic carbocycles. The first-order valence-corrected chi connectivity index (χ1v) is 7.08. The number of ether oxygens (including phenoxy) is 2. The van der Waals surface area contributed by atoms with Crippen LogP contribution in [0.1, 0.15) is 64.2 Å². The van der Waals surface area contributed by atoms with Gasteiger partial charge in [0.15, 0.2) is 6.29 Å². The minimum Gasteiger partial charge on any atom is -0.356 e. The summed E-state index contributed by atoms with van der Waals surface area (Å²) in [6, 6.07) is 0. The Morgan fingerprint density at radius 2 is 1.38 bits per heavy atom. The number of hydrogen-bond donors (Lipinski definition) is 0. The average Bonchev–Trinajstić information content (AvgIpc) is 2.38. The molecule has 0 aromatic heterocycles. The Hall–Kier alpha value is -0.0800. The van der Waals surface area contributed by atoms with Gasteiger partial charge in [0.25, 0.3) is 0 Å². The topological polar surface area (TPSA) is 18.5 Å². The molecule has 0 radical (unpaired) electrons. The van der Waals surface area contributed by atoms with E-state index in [1.807, 2.05) is 7.11 Å². The predicted octanol–water partition coefficient (Wildman–Crippen LogP) is 3.89. The van der Waals surface area contributed by atoms with Gasteiger partial charge in [-0.2, -0.15) is 0 Å². The molecule has 0 spiro atoms. The summed E-state index contributed by atoms with van der Waals surface area (Å²) in [5.74, 6) is 0.653. The molecule has 2 rings (SSSR count). The molecular weight excluding hydrogens is 200 g/mol. The molecule has 1 unspecified atom stereocenters. The maximum Gasteiger partial charge on any atom is 0.160 e. The fourth-order valence-corrected chi connectivity index (χ4v) is 3.16. The zero-order valence-electron chi connectivity index (χ0n) is 10.6. The first-order valence-electron chi connectivity index (χ1n) is 7.08. The third kappa shape index (κ3) is 3.46. The van der Waals surface area contributed by atoms with Gasteiger partial charge >= 0.3 is 0 Å². The standard InChI is InChI=1S/C14H26O2/c1-15-14(12-8-4-2-5-9-12)16-13-10-6-3-7-11-13/h12-14H,2-11H2,1H3. The summed E-state index contributed by atoms with van der Waals surface area (Å²) in [6.45, 7) is 0. The molecule has 0 bridgehead atoms. The third-order valence-electron chi connectivity index (χ3n) is 4.15. The van der Waals surface area contributed by atoms with Gasteiger partial charge in [-0.3, -0.25) is 0 Å². The smallest absolute Gasteiger partial charge is 0.160 e. The Kier molecular flexibility index (Phi) is 5.11. The van der Waals surface area contributed by atoms with E-state index in [1.54, 1.807) is 0 Å². The van der Waals surface area contributed by atoms with Gasteiger partial charge < -0.3 is 9.47 Å². The fraction of sp³-hybridized carbons (Fsp3) is 1.00. The Morgan fingerprint density at radius 1 is 0.812 bits per heavy atom. The molecule has 2 nitrogen and oxygen atoms in total. The summed E-state index contributed by atoms with van der Waals surface area (Å²) in [5, 5.41) is 0. The van der Waals surface area contributed by atoms with Crippen molar-refractivity contribution in [1.29, 1.82) is 0 Å². The van der Waals surface area contributed by atoms with Crippen LogP contribution >= 0.6 is 0 Å². The minimum absolute atomic E-state index is 0.0726. The van der Waals surface area contributed by atoms with E-state index in [4.69, 9.17) is 9.47 Å². The van der Waals surface area contributed by atoms with Crippen LogP contribution in [0.4, 0.5) is 0 Å². The van der Waals surface area contributed by atoms with E-state index >= 15 is 0 Å². The van der Waals surface area contributed by atoms with Crippen molar-refractivity contribution in [2.24, 2.45) is 5.92 Å². The van der Waals surface area contributed by atoms with Gasteiger partial charge in [-0.05, 0) is 25.7 Å². The van der Waals surface area contributed by atoms with Crippen LogP contribution in [0.3, 0.4) is 0 Å². The zero-order chi connectivity index (χ0) is 11.2. The number of rotatable bonds is 4. The van der Waals surface area contributed by atoms with Gasteiger partial charge in [-0.25, -0.2) is 0 Å². The molecule has 0 aliphatic heterocycles. The second kappa shape index (κ2) is 6.61. The highest BCUT2D eigenvalue weighted by Crippen LogP contribution is 2.31. The van der Waals surface area contributed by atoms with Crippen molar-refractivity contribution in [2.75, 3.05) is 7.11 Å². The molecule has 0 N–H and O–H groups in total. The Bertz CT molecular complexity index is 181. The SMILES string of the molecule is COC(OC1CCCCC1)C1CCCCC1. The molecule has 94 valence electrons. The molecule has 2 fully saturated rings. The largest absolute Gasteiger partial charge is 0.356 e. The molecule has 0 amide bonds. The molecule has 0 heterocycles. The summed E-state index contributed by atoms with van der Waals surface area (Å²) in [6.07, 6.45) is 13.8. The molecule has 16 heavy (non-hydrogen) atoms. The van der Waals surface area contributed by atoms with Gasteiger partial charge in [-0.1, -0.05) is 38.5 Å². The van der Waals surface area contributed by atoms with Crippen LogP contribution in [-0.4, -0.2) is 19.5 Å². The van der Waals surface area contributed by atoms with E-state index in [-0.39, 0.29) is 6.29 Å². The number of hydrogen-bond acceptors (Lipinski definition) is 2. The third-order valence-corrected chi connectivity index (χ3v) is 4.15. The van der Waals surface area contributed by atoms with E-state index in [1.165, 1.54) is 64.2 Å². The Morgan fingerprint density at radius 3 is 1.94 bits per heavy atom. The van der Waals surface area contributed by atoms with Crippen LogP contribution in [0.5, 0.6) is 0 Å². The first-order chi connectivity index (χ1) is 7.90. The summed E-state index contributed by atoms with van der Waals surface area (Å²) >= 11 is 0. The van der Waals surface area contributed by atoms with E-state index in [0.29, 0.717) is 12.0 Å². The van der Waals surface area contributed by atoms with Crippen molar-refractivity contribution >= 4 is 0 Å². The minimum atomic E-state index is 0.0726. The van der Waals surface area contributed by atoms with Crippen molar-refractivity contribution in [3.05, 3.63) is 0 Å². The molecule has 2 saturated carbocycles. The van der Waals surface area contributed by atoms with Gasteiger partial charge in [0.05, 0.1) is 6.10 Å². The molecule has 0 saturated heterocycles. The fourth-order valence-electron chi connectivity index (χ4n) is 3.16. The average molecular weight is 226 g/mol. The summed E-state index contributed by atoms with van der Waals surface area (Å²) in [5.41, 5.74) is 0. The lowest BCUT2D eigenvalue weighted by atomic mass is 9.88. The van der Waals surface area contributed by atoms with E-state index in [9.17, 15) is 0 Å². The summed E-state index contributed by atoms with van der Waals surface area (Å²) < 4.78 is 11.7. The van der Waals surface area contributed by atoms with Gasteiger partial charge in [0.1, 0.15) is 0 Å². The highest BCUT2D eigenvalue weighted by atomic mass is 16.7. The monoisotopic (exact) mass is 226 g/mol. The summed E-state index contributed by atoms with van der Waals surface area (Å²) in [7, 11) is 1.81. The lowest BCUT2D eigenvalue weighted by molar-refractivity contribution is -0.193. The quantitative estimate of drug-likeness (QED) is 0.677. The molecule has 2 aliphatic carbocycles. The molecule has 2 heteroatoms. The number of methoxy groups -OCH3 is 1. The van der Waals surface area contributed by atoms with Crippen molar-refractivity contribution in [3.8, 4) is 0 Å². The lowest BCUT2D eigenvalue weighted by Crippen LogP contribution is -2.33. The van der Waals surface area contributed by atoms with Crippen molar-refractivity contribution in [2.45, 2.75) is 76.6 Å². The van der Waals surface area contributed by atoms with Crippen LogP contribution in [0, 0.1) is 5.92 Å². The van der Waals surface area contributed by atoms with Crippen molar-refractivity contribution < 1.29 is 9.47 Å². The van der Waals surface area contributed by atoms with Crippen LogP contribution in [0.15, 0.2) is 0 Å². The Balaban J connectivity index is 1.78. The maximum atomic E-state index is 6.16. The molecular formula is C14H26O2. The van der Waals surface area contributed by atoms with Gasteiger partial charge in [-0.15, -0.1) is 0 Å². The highest BCUT2D eigenvalue weighted by Gasteiger charge is 2.27. The van der Waals surface area contributed by atoms with Gasteiger partial charge in [0.2, 0.25) is 0 Å². The maximum absolute atomic E-state index is 6.16. The van der Waals surface area contributed by atoms with Crippen molar-refractivity contribution in [1.82, 2.24) is 0 Å². The van der Waals surface area contributed by atoms with E-state index < -0.39 is 0 Å². The highest BCUT2D eigenvalue weighted by molar-refractivity contribution is 4.72. The lowest BCUT2D eigenvalue weighted by Gasteiger charge is -2.33. The second-order valence-corrected chi connectivity index (χ2v) is 5.40. The summed E-state index contributed by atoms with van der Waals surface area (Å²) in [4.78, 5) is 0. The van der Waals surface area contributed by atoms with Gasteiger partial charge in [0, 0.05) is 13.0 Å². The van der Waals surface area contributed by atoms with Crippen LogP contribution < -0.4 is 0 Å². The van der Waals surface area contributed by atoms with Crippen molar-refractivity contribution in [3.63, 3.8) is 0 Å². The van der Waals surface area contributed by atoms with Crippen LogP contribution in [0.2, 0.25) is 0 Å². The predicted molar refractivity (Wildman–Crippen MR) is 65.3 cm³/mol. The second-order valence-electron chi connectivity index (χ2n) is 5.40.